The average Bonchev–Trinajstić information content (AvgIpc) is 2.84. The maximum Gasteiger partial charge on any atom is 0.339 e. The zero-order valence-electron chi connectivity index (χ0n) is 18.4. The van der Waals surface area contributed by atoms with Crippen LogP contribution in [-0.4, -0.2) is 56.9 Å². The number of ether oxygens (including phenoxy) is 2. The number of hydrogen-bond donors (Lipinski definition) is 1. The monoisotopic (exact) mass is 474 g/mol. The SMILES string of the molecule is COC(=O)c1ccccc1S(=O)(=O)N1CCC(C(=O)OC(C)C(=O)Nc2ccccc2)CC1. The normalized spacial score (nSPS) is 15.9. The third kappa shape index (κ3) is 5.77. The molecule has 1 aliphatic rings. The Balaban J connectivity index is 1.58. The second-order valence-corrected chi connectivity index (χ2v) is 9.51. The van der Waals surface area contributed by atoms with Gasteiger partial charge in [-0.05, 0) is 44.0 Å². The molecule has 33 heavy (non-hydrogen) atoms. The standard InChI is InChI=1S/C23H26N2O7S/c1-16(21(26)24-18-8-4-3-5-9-18)32-22(27)17-12-14-25(15-13-17)33(29,30)20-11-7-6-10-19(20)23(28)31-2/h3-11,16-17H,12-15H2,1-2H3,(H,24,26). The van der Waals surface area contributed by atoms with Gasteiger partial charge in [0.15, 0.2) is 6.10 Å². The fourth-order valence-electron chi connectivity index (χ4n) is 3.53. The number of piperidine rings is 1. The summed E-state index contributed by atoms with van der Waals surface area (Å²) in [6, 6.07) is 14.7. The molecule has 1 fully saturated rings. The zero-order valence-corrected chi connectivity index (χ0v) is 19.2. The molecule has 1 amide bonds. The van der Waals surface area contributed by atoms with E-state index in [1.807, 2.05) is 6.07 Å². The molecule has 9 nitrogen and oxygen atoms in total. The predicted octanol–water partition coefficient (Wildman–Crippen LogP) is 2.44. The molecule has 0 saturated carbocycles. The third-order valence-corrected chi connectivity index (χ3v) is 7.36. The van der Waals surface area contributed by atoms with E-state index in [2.05, 4.69) is 10.1 Å². The molecule has 1 heterocycles. The Hall–Kier alpha value is -3.24. The van der Waals surface area contributed by atoms with E-state index in [1.165, 1.54) is 36.5 Å². The zero-order chi connectivity index (χ0) is 24.0. The average molecular weight is 475 g/mol. The van der Waals surface area contributed by atoms with Crippen LogP contribution in [0.2, 0.25) is 0 Å². The van der Waals surface area contributed by atoms with Gasteiger partial charge in [-0.15, -0.1) is 0 Å². The molecule has 2 aromatic carbocycles. The summed E-state index contributed by atoms with van der Waals surface area (Å²) in [4.78, 5) is 36.7. The number of nitrogens with one attached hydrogen (secondary N) is 1. The van der Waals surface area contributed by atoms with E-state index < -0.39 is 39.9 Å². The molecule has 1 saturated heterocycles. The topological polar surface area (TPSA) is 119 Å². The number of hydrogen-bond acceptors (Lipinski definition) is 7. The van der Waals surface area contributed by atoms with Crippen molar-refractivity contribution in [2.45, 2.75) is 30.8 Å². The summed E-state index contributed by atoms with van der Waals surface area (Å²) in [5.41, 5.74) is 0.552. The van der Waals surface area contributed by atoms with Crippen LogP contribution in [-0.2, 0) is 29.1 Å². The molecule has 1 aliphatic heterocycles. The Labute approximate surface area is 192 Å². The van der Waals surface area contributed by atoms with Crippen molar-refractivity contribution in [2.24, 2.45) is 5.92 Å². The Kier molecular flexibility index (Phi) is 7.83. The van der Waals surface area contributed by atoms with Gasteiger partial charge in [-0.1, -0.05) is 30.3 Å². The van der Waals surface area contributed by atoms with Crippen molar-refractivity contribution >= 4 is 33.6 Å². The maximum atomic E-state index is 13.1. The lowest BCUT2D eigenvalue weighted by Gasteiger charge is -2.31. The summed E-state index contributed by atoms with van der Waals surface area (Å²) in [6.45, 7) is 1.66. The van der Waals surface area contributed by atoms with Crippen molar-refractivity contribution in [1.82, 2.24) is 4.31 Å². The predicted molar refractivity (Wildman–Crippen MR) is 120 cm³/mol. The first kappa shape index (κ1) is 24.4. The highest BCUT2D eigenvalue weighted by atomic mass is 32.2. The van der Waals surface area contributed by atoms with Crippen LogP contribution >= 0.6 is 0 Å². The van der Waals surface area contributed by atoms with Crippen LogP contribution in [0.1, 0.15) is 30.1 Å². The number of esters is 2. The van der Waals surface area contributed by atoms with Crippen LogP contribution in [0.5, 0.6) is 0 Å². The van der Waals surface area contributed by atoms with Gasteiger partial charge in [0, 0.05) is 18.8 Å². The highest BCUT2D eigenvalue weighted by molar-refractivity contribution is 7.89. The number of benzene rings is 2. The Morgan fingerprint density at radius 3 is 2.24 bits per heavy atom. The Morgan fingerprint density at radius 1 is 1.00 bits per heavy atom. The molecule has 1 atom stereocenters. The van der Waals surface area contributed by atoms with Crippen LogP contribution in [0.3, 0.4) is 0 Å². The Bertz CT molecular complexity index is 1110. The van der Waals surface area contributed by atoms with Crippen molar-refractivity contribution in [3.8, 4) is 0 Å². The van der Waals surface area contributed by atoms with E-state index in [0.29, 0.717) is 5.69 Å². The third-order valence-electron chi connectivity index (χ3n) is 5.40. The molecule has 0 aromatic heterocycles. The molecule has 2 aromatic rings. The van der Waals surface area contributed by atoms with Gasteiger partial charge in [0.05, 0.1) is 23.5 Å². The maximum absolute atomic E-state index is 13.1. The number of nitrogens with zero attached hydrogens (tertiary/aromatic N) is 1. The van der Waals surface area contributed by atoms with Gasteiger partial charge < -0.3 is 14.8 Å². The number of amides is 1. The first-order valence-electron chi connectivity index (χ1n) is 10.5. The highest BCUT2D eigenvalue weighted by Gasteiger charge is 2.35. The molecule has 0 aliphatic carbocycles. The summed E-state index contributed by atoms with van der Waals surface area (Å²) < 4.78 is 37.4. The number of anilines is 1. The van der Waals surface area contributed by atoms with Crippen LogP contribution < -0.4 is 5.32 Å². The number of carbonyl (C=O) groups is 3. The molecule has 0 radical (unpaired) electrons. The first-order chi connectivity index (χ1) is 15.7. The van der Waals surface area contributed by atoms with Crippen molar-refractivity contribution < 1.29 is 32.3 Å². The number of rotatable bonds is 7. The summed E-state index contributed by atoms with van der Waals surface area (Å²) in [5.74, 6) is -2.26. The molecule has 0 bridgehead atoms. The number of sulfonamides is 1. The first-order valence-corrected chi connectivity index (χ1v) is 11.9. The largest absolute Gasteiger partial charge is 0.465 e. The van der Waals surface area contributed by atoms with Crippen LogP contribution in [0, 0.1) is 5.92 Å². The molecule has 0 spiro atoms. The van der Waals surface area contributed by atoms with Gasteiger partial charge in [0.2, 0.25) is 10.0 Å². The Morgan fingerprint density at radius 2 is 1.61 bits per heavy atom. The lowest BCUT2D eigenvalue weighted by molar-refractivity contribution is -0.158. The number of carbonyl (C=O) groups excluding carboxylic acids is 3. The van der Waals surface area contributed by atoms with E-state index in [1.54, 1.807) is 30.3 Å². The number of para-hydroxylation sites is 1. The summed E-state index contributed by atoms with van der Waals surface area (Å²) in [7, 11) is -2.77. The quantitative estimate of drug-likeness (QED) is 0.612. The van der Waals surface area contributed by atoms with E-state index in [9.17, 15) is 22.8 Å². The van der Waals surface area contributed by atoms with E-state index in [0.717, 1.165) is 0 Å². The van der Waals surface area contributed by atoms with Crippen molar-refractivity contribution in [1.29, 1.82) is 0 Å². The van der Waals surface area contributed by atoms with Crippen molar-refractivity contribution in [2.75, 3.05) is 25.5 Å². The summed E-state index contributed by atoms with van der Waals surface area (Å²) in [5, 5.41) is 2.67. The van der Waals surface area contributed by atoms with E-state index >= 15 is 0 Å². The lowest BCUT2D eigenvalue weighted by Crippen LogP contribution is -2.42. The minimum absolute atomic E-state index is 0.0419. The fourth-order valence-corrected chi connectivity index (χ4v) is 5.18. The van der Waals surface area contributed by atoms with Crippen molar-refractivity contribution in [3.05, 3.63) is 60.2 Å². The molecule has 10 heteroatoms. The molecule has 1 N–H and O–H groups in total. The van der Waals surface area contributed by atoms with Gasteiger partial charge in [-0.2, -0.15) is 4.31 Å². The molecule has 176 valence electrons. The smallest absolute Gasteiger partial charge is 0.339 e. The van der Waals surface area contributed by atoms with Crippen LogP contribution in [0.25, 0.3) is 0 Å². The second kappa shape index (κ2) is 10.6. The van der Waals surface area contributed by atoms with E-state index in [-0.39, 0.29) is 36.4 Å². The fraction of sp³-hybridized carbons (Fsp3) is 0.348. The van der Waals surface area contributed by atoms with Gasteiger partial charge in [-0.3, -0.25) is 9.59 Å². The molecular formula is C23H26N2O7S. The van der Waals surface area contributed by atoms with Gasteiger partial charge in [0.1, 0.15) is 0 Å². The van der Waals surface area contributed by atoms with Gasteiger partial charge in [-0.25, -0.2) is 13.2 Å². The summed E-state index contributed by atoms with van der Waals surface area (Å²) >= 11 is 0. The van der Waals surface area contributed by atoms with Gasteiger partial charge in [0.25, 0.3) is 5.91 Å². The summed E-state index contributed by atoms with van der Waals surface area (Å²) in [6.07, 6.45) is -0.511. The molecular weight excluding hydrogens is 448 g/mol. The van der Waals surface area contributed by atoms with Crippen LogP contribution in [0.15, 0.2) is 59.5 Å². The van der Waals surface area contributed by atoms with Gasteiger partial charge >= 0.3 is 11.9 Å². The van der Waals surface area contributed by atoms with Crippen molar-refractivity contribution in [3.63, 3.8) is 0 Å². The molecule has 1 unspecified atom stereocenters. The van der Waals surface area contributed by atoms with E-state index in [4.69, 9.17) is 4.74 Å². The molecule has 3 rings (SSSR count). The minimum atomic E-state index is -3.95. The lowest BCUT2D eigenvalue weighted by atomic mass is 9.98. The highest BCUT2D eigenvalue weighted by Crippen LogP contribution is 2.27. The van der Waals surface area contributed by atoms with Crippen LogP contribution in [0.4, 0.5) is 5.69 Å². The minimum Gasteiger partial charge on any atom is -0.465 e. The second-order valence-electron chi connectivity index (χ2n) is 7.60. The number of methoxy groups -OCH3 is 1.